The van der Waals surface area contributed by atoms with Gasteiger partial charge in [0.25, 0.3) is 0 Å². The van der Waals surface area contributed by atoms with Crippen LogP contribution in [0.5, 0.6) is 0 Å². The molecule has 2 saturated heterocycles. The SMILES string of the molecule is O=C(O)ON1CCC2(CC1)CCN(C1CC1)CC2. The van der Waals surface area contributed by atoms with E-state index in [4.69, 9.17) is 9.94 Å². The highest BCUT2D eigenvalue weighted by atomic mass is 16.8. The van der Waals surface area contributed by atoms with Crippen LogP contribution in [-0.2, 0) is 4.84 Å². The molecular weight excluding hydrogens is 232 g/mol. The Kier molecular flexibility index (Phi) is 3.20. The molecule has 18 heavy (non-hydrogen) atoms. The van der Waals surface area contributed by atoms with Gasteiger partial charge in [0.1, 0.15) is 0 Å². The molecule has 0 radical (unpaired) electrons. The molecule has 2 aliphatic heterocycles. The number of carbonyl (C=O) groups is 1. The summed E-state index contributed by atoms with van der Waals surface area (Å²) in [5.74, 6) is 0. The van der Waals surface area contributed by atoms with Gasteiger partial charge < -0.3 is 14.8 Å². The molecule has 102 valence electrons. The Morgan fingerprint density at radius 1 is 1.06 bits per heavy atom. The summed E-state index contributed by atoms with van der Waals surface area (Å²) in [6, 6.07) is 0.887. The zero-order valence-corrected chi connectivity index (χ0v) is 10.8. The van der Waals surface area contributed by atoms with Gasteiger partial charge in [-0.15, -0.1) is 5.06 Å². The molecule has 0 unspecified atom stereocenters. The molecule has 5 nitrogen and oxygen atoms in total. The van der Waals surface area contributed by atoms with Crippen molar-refractivity contribution in [3.05, 3.63) is 0 Å². The number of rotatable bonds is 2. The lowest BCUT2D eigenvalue weighted by Crippen LogP contribution is -2.47. The molecule has 1 N–H and O–H groups in total. The van der Waals surface area contributed by atoms with Gasteiger partial charge in [0.05, 0.1) is 0 Å². The van der Waals surface area contributed by atoms with Crippen LogP contribution in [0, 0.1) is 5.41 Å². The monoisotopic (exact) mass is 254 g/mol. The number of hydrogen-bond acceptors (Lipinski definition) is 4. The van der Waals surface area contributed by atoms with Crippen molar-refractivity contribution < 1.29 is 14.7 Å². The first-order valence-corrected chi connectivity index (χ1v) is 7.07. The first-order chi connectivity index (χ1) is 8.67. The molecule has 3 rings (SSSR count). The Labute approximate surface area is 108 Å². The average Bonchev–Trinajstić information content (AvgIpc) is 3.17. The Bertz CT molecular complexity index is 312. The summed E-state index contributed by atoms with van der Waals surface area (Å²) < 4.78 is 0. The molecule has 2 heterocycles. The lowest BCUT2D eigenvalue weighted by atomic mass is 9.71. The Balaban J connectivity index is 1.48. The number of hydroxylamine groups is 2. The lowest BCUT2D eigenvalue weighted by Gasteiger charge is -2.46. The van der Waals surface area contributed by atoms with Crippen LogP contribution in [0.2, 0.25) is 0 Å². The Morgan fingerprint density at radius 3 is 2.11 bits per heavy atom. The number of nitrogens with zero attached hydrogens (tertiary/aromatic N) is 2. The van der Waals surface area contributed by atoms with Crippen molar-refractivity contribution in [2.24, 2.45) is 5.41 Å². The standard InChI is InChI=1S/C13H22N2O3/c16-12(17)18-15-9-5-13(6-10-15)3-7-14(8-4-13)11-1-2-11/h11H,1-10H2,(H,16,17). The maximum Gasteiger partial charge on any atom is 0.525 e. The van der Waals surface area contributed by atoms with Gasteiger partial charge in [0.15, 0.2) is 0 Å². The van der Waals surface area contributed by atoms with E-state index in [-0.39, 0.29) is 0 Å². The van der Waals surface area contributed by atoms with Crippen LogP contribution in [0.4, 0.5) is 4.79 Å². The molecule has 1 aliphatic carbocycles. The summed E-state index contributed by atoms with van der Waals surface area (Å²) in [6.07, 6.45) is 6.34. The predicted molar refractivity (Wildman–Crippen MR) is 66.2 cm³/mol. The third-order valence-corrected chi connectivity index (χ3v) is 4.91. The Morgan fingerprint density at radius 2 is 1.61 bits per heavy atom. The van der Waals surface area contributed by atoms with Crippen molar-refractivity contribution in [2.45, 2.75) is 44.6 Å². The van der Waals surface area contributed by atoms with E-state index >= 15 is 0 Å². The fourth-order valence-electron chi connectivity index (χ4n) is 3.47. The first-order valence-electron chi connectivity index (χ1n) is 7.07. The molecule has 0 aromatic carbocycles. The molecule has 0 aromatic heterocycles. The fraction of sp³-hybridized carbons (Fsp3) is 0.923. The Hall–Kier alpha value is -0.810. The van der Waals surface area contributed by atoms with E-state index in [9.17, 15) is 4.79 Å². The molecule has 0 amide bonds. The third kappa shape index (κ3) is 2.62. The largest absolute Gasteiger partial charge is 0.525 e. The van der Waals surface area contributed by atoms with Crippen LogP contribution in [0.3, 0.4) is 0 Å². The van der Waals surface area contributed by atoms with E-state index in [1.165, 1.54) is 38.8 Å². The van der Waals surface area contributed by atoms with E-state index in [0.29, 0.717) is 5.41 Å². The van der Waals surface area contributed by atoms with Crippen LogP contribution in [-0.4, -0.2) is 53.4 Å². The minimum absolute atomic E-state index is 0.462. The highest BCUT2D eigenvalue weighted by Gasteiger charge is 2.41. The van der Waals surface area contributed by atoms with Crippen molar-refractivity contribution in [2.75, 3.05) is 26.2 Å². The van der Waals surface area contributed by atoms with Crippen LogP contribution in [0.25, 0.3) is 0 Å². The smallest absolute Gasteiger partial charge is 0.448 e. The number of likely N-dealkylation sites (tertiary alicyclic amines) is 1. The second-order valence-electron chi connectivity index (χ2n) is 6.05. The fourth-order valence-corrected chi connectivity index (χ4v) is 3.47. The molecule has 3 fully saturated rings. The predicted octanol–water partition coefficient (Wildman–Crippen LogP) is 1.94. The van der Waals surface area contributed by atoms with E-state index in [0.717, 1.165) is 32.0 Å². The number of carboxylic acid groups (broad SMARTS) is 1. The van der Waals surface area contributed by atoms with E-state index in [1.54, 1.807) is 5.06 Å². The molecule has 0 aromatic rings. The third-order valence-electron chi connectivity index (χ3n) is 4.91. The van der Waals surface area contributed by atoms with Gasteiger partial charge in [0.2, 0.25) is 0 Å². The minimum atomic E-state index is -1.19. The quantitative estimate of drug-likeness (QED) is 0.816. The summed E-state index contributed by atoms with van der Waals surface area (Å²) in [5, 5.41) is 10.2. The van der Waals surface area contributed by atoms with Crippen molar-refractivity contribution >= 4 is 6.16 Å². The molecule has 1 spiro atoms. The van der Waals surface area contributed by atoms with Crippen LogP contribution in [0.1, 0.15) is 38.5 Å². The number of piperidine rings is 2. The van der Waals surface area contributed by atoms with Gasteiger partial charge in [0, 0.05) is 19.1 Å². The zero-order valence-electron chi connectivity index (χ0n) is 10.8. The van der Waals surface area contributed by atoms with Crippen LogP contribution >= 0.6 is 0 Å². The summed E-state index contributed by atoms with van der Waals surface area (Å²) in [4.78, 5) is 17.9. The first kappa shape index (κ1) is 12.2. The lowest BCUT2D eigenvalue weighted by molar-refractivity contribution is -0.151. The second-order valence-corrected chi connectivity index (χ2v) is 6.05. The van der Waals surface area contributed by atoms with Crippen molar-refractivity contribution in [1.29, 1.82) is 0 Å². The molecule has 1 saturated carbocycles. The van der Waals surface area contributed by atoms with Gasteiger partial charge in [-0.3, -0.25) is 0 Å². The van der Waals surface area contributed by atoms with Gasteiger partial charge in [-0.25, -0.2) is 4.79 Å². The van der Waals surface area contributed by atoms with Gasteiger partial charge in [-0.05, 0) is 57.0 Å². The normalized spacial score (nSPS) is 29.3. The van der Waals surface area contributed by atoms with E-state index in [1.807, 2.05) is 0 Å². The molecule has 0 atom stereocenters. The summed E-state index contributed by atoms with van der Waals surface area (Å²) in [6.45, 7) is 4.00. The molecule has 3 aliphatic rings. The number of hydrogen-bond donors (Lipinski definition) is 1. The highest BCUT2D eigenvalue weighted by Crippen LogP contribution is 2.43. The highest BCUT2D eigenvalue weighted by molar-refractivity contribution is 5.56. The van der Waals surface area contributed by atoms with Crippen LogP contribution in [0.15, 0.2) is 0 Å². The maximum absolute atomic E-state index is 10.5. The van der Waals surface area contributed by atoms with Crippen molar-refractivity contribution in [3.63, 3.8) is 0 Å². The topological polar surface area (TPSA) is 53.0 Å². The zero-order chi connectivity index (χ0) is 12.6. The van der Waals surface area contributed by atoms with Crippen LogP contribution < -0.4 is 0 Å². The van der Waals surface area contributed by atoms with Crippen molar-refractivity contribution in [3.8, 4) is 0 Å². The molecule has 0 bridgehead atoms. The summed E-state index contributed by atoms with van der Waals surface area (Å²) in [5.41, 5.74) is 0.462. The molecule has 5 heteroatoms. The van der Waals surface area contributed by atoms with Gasteiger partial charge >= 0.3 is 6.16 Å². The summed E-state index contributed by atoms with van der Waals surface area (Å²) >= 11 is 0. The van der Waals surface area contributed by atoms with Gasteiger partial charge in [-0.1, -0.05) is 0 Å². The molecular formula is C13H22N2O3. The van der Waals surface area contributed by atoms with Crippen molar-refractivity contribution in [1.82, 2.24) is 9.96 Å². The van der Waals surface area contributed by atoms with E-state index < -0.39 is 6.16 Å². The minimum Gasteiger partial charge on any atom is -0.448 e. The van der Waals surface area contributed by atoms with Gasteiger partial charge in [-0.2, -0.15) is 0 Å². The maximum atomic E-state index is 10.5. The van der Waals surface area contributed by atoms with E-state index in [2.05, 4.69) is 4.90 Å². The summed E-state index contributed by atoms with van der Waals surface area (Å²) in [7, 11) is 0. The average molecular weight is 254 g/mol. The second kappa shape index (κ2) is 4.70.